The van der Waals surface area contributed by atoms with Crippen LogP contribution in [0.25, 0.3) is 0 Å². The summed E-state index contributed by atoms with van der Waals surface area (Å²) in [4.78, 5) is 20.9. The van der Waals surface area contributed by atoms with E-state index < -0.39 is 7.82 Å². The molecule has 0 radical (unpaired) electrons. The molecule has 0 rings (SSSR count). The van der Waals surface area contributed by atoms with Crippen molar-refractivity contribution < 1.29 is 78.0 Å². The van der Waals surface area contributed by atoms with E-state index >= 15 is 0 Å². The largest absolute Gasteiger partial charge is 1.00 e. The van der Waals surface area contributed by atoms with E-state index in [0.717, 1.165) is 25.7 Å². The molecule has 0 aliphatic rings. The van der Waals surface area contributed by atoms with Crippen molar-refractivity contribution in [2.45, 2.75) is 78.1 Å². The van der Waals surface area contributed by atoms with Gasteiger partial charge < -0.3 is 18.9 Å². The summed E-state index contributed by atoms with van der Waals surface area (Å²) in [5.74, 6) is 0. The Balaban J connectivity index is -0.00000180. The zero-order valence-corrected chi connectivity index (χ0v) is 19.8. The molecule has 0 aromatic rings. The monoisotopic (exact) mass is 350 g/mol. The predicted octanol–water partition coefficient (Wildman–Crippen LogP) is -2.29. The Bertz CT molecular complexity index is 292. The first kappa shape index (κ1) is 28.6. The molecule has 120 valence electrons. The molecule has 22 heavy (non-hydrogen) atoms. The quantitative estimate of drug-likeness (QED) is 0.162. The van der Waals surface area contributed by atoms with E-state index in [9.17, 15) is 14.4 Å². The minimum atomic E-state index is -4.84. The molecule has 0 unspecified atom stereocenters. The standard InChI is InChI=1S/C15H31O4P.2Na/c1-3-5-7-9-11-15(12-10-8-6-4-2)13-14-19-20(16,17)18;;/h13H,3-12,14H2,1-2H3,(H2,16,17,18);;/q;2*+1/p-2. The third-order valence-electron chi connectivity index (χ3n) is 3.31. The minimum absolute atomic E-state index is 0. The number of rotatable bonds is 13. The Hall–Kier alpha value is 1.85. The van der Waals surface area contributed by atoms with Gasteiger partial charge in [-0.15, -0.1) is 0 Å². The molecule has 0 saturated heterocycles. The van der Waals surface area contributed by atoms with Gasteiger partial charge in [-0.25, -0.2) is 0 Å². The average Bonchev–Trinajstić information content (AvgIpc) is 2.37. The zero-order valence-electron chi connectivity index (χ0n) is 14.9. The molecule has 0 aromatic heterocycles. The normalized spacial score (nSPS) is 10.5. The summed E-state index contributed by atoms with van der Waals surface area (Å²) >= 11 is 0. The van der Waals surface area contributed by atoms with E-state index in [1.165, 1.54) is 44.1 Å². The third-order valence-corrected chi connectivity index (χ3v) is 3.77. The van der Waals surface area contributed by atoms with Gasteiger partial charge in [0.2, 0.25) is 0 Å². The molecule has 0 fully saturated rings. The van der Waals surface area contributed by atoms with Crippen LogP contribution >= 0.6 is 7.82 Å². The summed E-state index contributed by atoms with van der Waals surface area (Å²) in [6.07, 6.45) is 13.3. The van der Waals surface area contributed by atoms with E-state index in [2.05, 4.69) is 18.4 Å². The number of phosphoric acid groups is 1. The molecular weight excluding hydrogens is 321 g/mol. The van der Waals surface area contributed by atoms with Crippen molar-refractivity contribution in [1.29, 1.82) is 0 Å². The van der Waals surface area contributed by atoms with E-state index in [4.69, 9.17) is 0 Å². The van der Waals surface area contributed by atoms with Gasteiger partial charge in [-0.3, -0.25) is 0 Å². The van der Waals surface area contributed by atoms with Crippen molar-refractivity contribution >= 4 is 7.82 Å². The van der Waals surface area contributed by atoms with Crippen LogP contribution in [0.5, 0.6) is 0 Å². The fourth-order valence-electron chi connectivity index (χ4n) is 2.13. The smallest absolute Gasteiger partial charge is 0.790 e. The molecule has 0 bridgehead atoms. The van der Waals surface area contributed by atoms with E-state index in [-0.39, 0.29) is 65.7 Å². The summed E-state index contributed by atoms with van der Waals surface area (Å²) < 4.78 is 14.7. The molecule has 4 nitrogen and oxygen atoms in total. The van der Waals surface area contributed by atoms with Crippen LogP contribution in [0, 0.1) is 0 Å². The van der Waals surface area contributed by atoms with Crippen molar-refractivity contribution in [3.05, 3.63) is 11.6 Å². The van der Waals surface area contributed by atoms with Crippen molar-refractivity contribution in [1.82, 2.24) is 0 Å². The molecule has 0 aliphatic heterocycles. The predicted molar refractivity (Wildman–Crippen MR) is 79.2 cm³/mol. The molecule has 0 amide bonds. The second-order valence-electron chi connectivity index (χ2n) is 5.23. The summed E-state index contributed by atoms with van der Waals surface area (Å²) in [5.41, 5.74) is 1.23. The first-order valence-corrected chi connectivity index (χ1v) is 9.30. The van der Waals surface area contributed by atoms with Gasteiger partial charge in [0, 0.05) is 0 Å². The molecule has 0 heterocycles. The molecular formula is C15H29Na2O4P. The van der Waals surface area contributed by atoms with Gasteiger partial charge >= 0.3 is 59.1 Å². The summed E-state index contributed by atoms with van der Waals surface area (Å²) in [6, 6.07) is 0. The molecule has 0 aromatic carbocycles. The Labute approximate surface area is 180 Å². The topological polar surface area (TPSA) is 72.4 Å². The molecule has 0 aliphatic carbocycles. The van der Waals surface area contributed by atoms with Crippen LogP contribution in [0.3, 0.4) is 0 Å². The van der Waals surface area contributed by atoms with Crippen LogP contribution in [0.4, 0.5) is 0 Å². The van der Waals surface area contributed by atoms with Crippen molar-refractivity contribution in [2.24, 2.45) is 0 Å². The zero-order chi connectivity index (χ0) is 15.3. The third kappa shape index (κ3) is 21.9. The van der Waals surface area contributed by atoms with Gasteiger partial charge in [0.05, 0.1) is 14.4 Å². The maximum atomic E-state index is 10.4. The Morgan fingerprint density at radius 3 is 1.73 bits per heavy atom. The maximum Gasteiger partial charge on any atom is 1.00 e. The van der Waals surface area contributed by atoms with Crippen LogP contribution in [-0.2, 0) is 9.09 Å². The van der Waals surface area contributed by atoms with Gasteiger partial charge in [-0.2, -0.15) is 0 Å². The van der Waals surface area contributed by atoms with Crippen molar-refractivity contribution in [2.75, 3.05) is 6.61 Å². The Morgan fingerprint density at radius 2 is 1.36 bits per heavy atom. The molecule has 0 N–H and O–H groups in total. The Kier molecular flexibility index (Phi) is 25.0. The van der Waals surface area contributed by atoms with Crippen LogP contribution in [0.2, 0.25) is 0 Å². The summed E-state index contributed by atoms with van der Waals surface area (Å²) in [6.45, 7) is 4.24. The SMILES string of the molecule is CCCCCCC(=CCOP(=O)([O-])[O-])CCCCCC.[Na+].[Na+]. The first-order chi connectivity index (χ1) is 9.49. The second kappa shape index (κ2) is 19.2. The summed E-state index contributed by atoms with van der Waals surface area (Å²) in [7, 11) is -4.84. The van der Waals surface area contributed by atoms with Gasteiger partial charge in [-0.05, 0) is 25.7 Å². The first-order valence-electron chi connectivity index (χ1n) is 7.84. The number of hydrogen-bond acceptors (Lipinski definition) is 4. The van der Waals surface area contributed by atoms with Crippen LogP contribution in [0.15, 0.2) is 11.6 Å². The number of unbranched alkanes of at least 4 members (excludes halogenated alkanes) is 6. The van der Waals surface area contributed by atoms with Crippen LogP contribution < -0.4 is 68.9 Å². The molecule has 0 saturated carbocycles. The van der Waals surface area contributed by atoms with E-state index in [0.29, 0.717) is 0 Å². The Morgan fingerprint density at radius 1 is 0.909 bits per heavy atom. The maximum absolute atomic E-state index is 10.4. The van der Waals surface area contributed by atoms with Crippen molar-refractivity contribution in [3.8, 4) is 0 Å². The number of hydrogen-bond donors (Lipinski definition) is 0. The molecule has 7 heteroatoms. The van der Waals surface area contributed by atoms with Gasteiger partial charge in [0.1, 0.15) is 0 Å². The number of phosphoric ester groups is 1. The van der Waals surface area contributed by atoms with Gasteiger partial charge in [0.25, 0.3) is 0 Å². The summed E-state index contributed by atoms with van der Waals surface area (Å²) in [5, 5.41) is 0. The van der Waals surface area contributed by atoms with Gasteiger partial charge in [-0.1, -0.05) is 64.0 Å². The number of allylic oxidation sites excluding steroid dienone is 1. The van der Waals surface area contributed by atoms with Gasteiger partial charge in [0.15, 0.2) is 0 Å². The second-order valence-corrected chi connectivity index (χ2v) is 6.38. The van der Waals surface area contributed by atoms with Crippen LogP contribution in [-0.4, -0.2) is 6.61 Å². The van der Waals surface area contributed by atoms with Crippen LogP contribution in [0.1, 0.15) is 78.1 Å². The fourth-order valence-corrected chi connectivity index (χ4v) is 2.39. The van der Waals surface area contributed by atoms with E-state index in [1.54, 1.807) is 6.08 Å². The van der Waals surface area contributed by atoms with Crippen molar-refractivity contribution in [3.63, 3.8) is 0 Å². The average molecular weight is 350 g/mol. The fraction of sp³-hybridized carbons (Fsp3) is 0.867. The minimum Gasteiger partial charge on any atom is -0.790 e. The molecule has 0 atom stereocenters. The molecule has 0 spiro atoms. The van der Waals surface area contributed by atoms with E-state index in [1.807, 2.05) is 0 Å².